The van der Waals surface area contributed by atoms with Gasteiger partial charge in [-0.25, -0.2) is 4.98 Å². The fourth-order valence-corrected chi connectivity index (χ4v) is 4.53. The monoisotopic (exact) mass is 421 g/mol. The summed E-state index contributed by atoms with van der Waals surface area (Å²) in [6, 6.07) is 11.3. The number of pyridine rings is 1. The molecule has 0 aliphatic carbocycles. The molecule has 164 valence electrons. The number of rotatable bonds is 5. The van der Waals surface area contributed by atoms with E-state index in [-0.39, 0.29) is 18.4 Å². The molecule has 7 nitrogen and oxygen atoms in total. The Morgan fingerprint density at radius 2 is 2.03 bits per heavy atom. The lowest BCUT2D eigenvalue weighted by atomic mass is 10.1. The Hall–Kier alpha value is -2.77. The second kappa shape index (κ2) is 9.58. The van der Waals surface area contributed by atoms with Crippen molar-refractivity contribution in [3.63, 3.8) is 0 Å². The van der Waals surface area contributed by atoms with Crippen molar-refractivity contribution in [3.05, 3.63) is 48.2 Å². The smallest absolute Gasteiger partial charge is 0.257 e. The predicted molar refractivity (Wildman–Crippen MR) is 123 cm³/mol. The van der Waals surface area contributed by atoms with E-state index in [2.05, 4.69) is 27.1 Å². The minimum absolute atomic E-state index is 0.0966. The summed E-state index contributed by atoms with van der Waals surface area (Å²) in [7, 11) is 4.20. The number of amides is 2. The Kier molecular flexibility index (Phi) is 6.63. The average molecular weight is 422 g/mol. The first kappa shape index (κ1) is 21.5. The maximum atomic E-state index is 13.5. The first-order valence-electron chi connectivity index (χ1n) is 11.1. The van der Waals surface area contributed by atoms with Crippen molar-refractivity contribution in [3.8, 4) is 0 Å². The molecule has 1 N–H and O–H groups in total. The van der Waals surface area contributed by atoms with Crippen LogP contribution in [0, 0.1) is 0 Å². The third-order valence-electron chi connectivity index (χ3n) is 6.31. The van der Waals surface area contributed by atoms with E-state index in [9.17, 15) is 9.59 Å². The summed E-state index contributed by atoms with van der Waals surface area (Å²) >= 11 is 0. The Morgan fingerprint density at radius 3 is 2.90 bits per heavy atom. The Morgan fingerprint density at radius 1 is 1.19 bits per heavy atom. The highest BCUT2D eigenvalue weighted by atomic mass is 16.2. The summed E-state index contributed by atoms with van der Waals surface area (Å²) in [6.07, 6.45) is 7.78. The zero-order valence-corrected chi connectivity index (χ0v) is 18.4. The number of likely N-dealkylation sites (tertiary alicyclic amines) is 1. The molecule has 1 aromatic carbocycles. The standard InChI is InChI=1S/C24H31N5O2/c1-27(16-13-18-9-4-3-7-15-28(18)2)17-22(30)29-21-12-6-5-10-19(21)24(31)26-20-11-8-14-25-23(20)29/h5-6,8,10-12,14,18H,3-4,7,9,13,15-17H2,1-2H3,(H,26,31). The van der Waals surface area contributed by atoms with Crippen LogP contribution < -0.4 is 10.2 Å². The van der Waals surface area contributed by atoms with Gasteiger partial charge in [0.25, 0.3) is 5.91 Å². The second-order valence-electron chi connectivity index (χ2n) is 8.59. The molecule has 0 radical (unpaired) electrons. The number of benzene rings is 1. The van der Waals surface area contributed by atoms with E-state index in [1.54, 1.807) is 41.4 Å². The largest absolute Gasteiger partial charge is 0.319 e. The quantitative estimate of drug-likeness (QED) is 0.800. The molecule has 1 fully saturated rings. The maximum absolute atomic E-state index is 13.5. The highest BCUT2D eigenvalue weighted by Gasteiger charge is 2.30. The molecular weight excluding hydrogens is 390 g/mol. The number of aromatic nitrogens is 1. The van der Waals surface area contributed by atoms with Gasteiger partial charge in [-0.05, 0) is 70.7 Å². The minimum atomic E-state index is -0.232. The van der Waals surface area contributed by atoms with Crippen LogP contribution in [0.4, 0.5) is 17.2 Å². The van der Waals surface area contributed by atoms with Crippen molar-refractivity contribution in [1.29, 1.82) is 0 Å². The third-order valence-corrected chi connectivity index (χ3v) is 6.31. The maximum Gasteiger partial charge on any atom is 0.257 e. The van der Waals surface area contributed by atoms with E-state index in [4.69, 9.17) is 0 Å². The topological polar surface area (TPSA) is 68.8 Å². The molecular formula is C24H31N5O2. The van der Waals surface area contributed by atoms with Gasteiger partial charge in [0, 0.05) is 12.2 Å². The first-order valence-corrected chi connectivity index (χ1v) is 11.1. The third kappa shape index (κ3) is 4.78. The van der Waals surface area contributed by atoms with Crippen molar-refractivity contribution < 1.29 is 9.59 Å². The van der Waals surface area contributed by atoms with Gasteiger partial charge in [0.2, 0.25) is 5.91 Å². The normalized spacial score (nSPS) is 19.3. The molecule has 7 heteroatoms. The summed E-state index contributed by atoms with van der Waals surface area (Å²) in [5.41, 5.74) is 1.58. The van der Waals surface area contributed by atoms with Crippen LogP contribution in [0.3, 0.4) is 0 Å². The van der Waals surface area contributed by atoms with Gasteiger partial charge in [0.05, 0.1) is 23.5 Å². The number of carbonyl (C=O) groups excluding carboxylic acids is 2. The van der Waals surface area contributed by atoms with Crippen LogP contribution in [0.2, 0.25) is 0 Å². The summed E-state index contributed by atoms with van der Waals surface area (Å²) in [5, 5.41) is 2.88. The molecule has 2 aliphatic heterocycles. The summed E-state index contributed by atoms with van der Waals surface area (Å²) in [6.45, 7) is 2.26. The zero-order valence-electron chi connectivity index (χ0n) is 18.4. The molecule has 4 rings (SSSR count). The molecule has 1 atom stereocenters. The Balaban J connectivity index is 1.51. The van der Waals surface area contributed by atoms with Crippen LogP contribution in [0.1, 0.15) is 42.5 Å². The summed E-state index contributed by atoms with van der Waals surface area (Å²) in [5.74, 6) is 0.133. The lowest BCUT2D eigenvalue weighted by Gasteiger charge is -2.29. The number of anilines is 3. The van der Waals surface area contributed by atoms with E-state index < -0.39 is 0 Å². The number of likely N-dealkylation sites (N-methyl/N-ethyl adjacent to an activating group) is 1. The second-order valence-corrected chi connectivity index (χ2v) is 8.59. The van der Waals surface area contributed by atoms with Gasteiger partial charge >= 0.3 is 0 Å². The fourth-order valence-electron chi connectivity index (χ4n) is 4.53. The zero-order chi connectivity index (χ0) is 21.8. The van der Waals surface area contributed by atoms with Gasteiger partial charge in [0.1, 0.15) is 0 Å². The van der Waals surface area contributed by atoms with Gasteiger partial charge in [0.15, 0.2) is 5.82 Å². The number of hydrogen-bond acceptors (Lipinski definition) is 5. The number of nitrogens with zero attached hydrogens (tertiary/aromatic N) is 4. The number of para-hydroxylation sites is 1. The Labute approximate surface area is 184 Å². The van der Waals surface area contributed by atoms with Gasteiger partial charge in [-0.1, -0.05) is 25.0 Å². The fraction of sp³-hybridized carbons (Fsp3) is 0.458. The van der Waals surface area contributed by atoms with Crippen molar-refractivity contribution in [2.75, 3.05) is 43.9 Å². The van der Waals surface area contributed by atoms with Crippen molar-refractivity contribution in [2.24, 2.45) is 0 Å². The molecule has 0 saturated carbocycles. The van der Waals surface area contributed by atoms with E-state index >= 15 is 0 Å². The molecule has 1 unspecified atom stereocenters. The molecule has 1 saturated heterocycles. The first-order chi connectivity index (χ1) is 15.0. The molecule has 0 spiro atoms. The molecule has 0 bridgehead atoms. The van der Waals surface area contributed by atoms with E-state index in [0.29, 0.717) is 28.8 Å². The van der Waals surface area contributed by atoms with E-state index in [1.165, 1.54) is 25.7 Å². The minimum Gasteiger partial charge on any atom is -0.319 e. The van der Waals surface area contributed by atoms with Gasteiger partial charge in [-0.15, -0.1) is 0 Å². The van der Waals surface area contributed by atoms with Crippen LogP contribution in [0.5, 0.6) is 0 Å². The van der Waals surface area contributed by atoms with Crippen LogP contribution in [0.25, 0.3) is 0 Å². The number of carbonyl (C=O) groups is 2. The average Bonchev–Trinajstić information content (AvgIpc) is 3.04. The summed E-state index contributed by atoms with van der Waals surface area (Å²) in [4.78, 5) is 36.7. The predicted octanol–water partition coefficient (Wildman–Crippen LogP) is 3.51. The highest BCUT2D eigenvalue weighted by molar-refractivity contribution is 6.17. The number of hydrogen-bond donors (Lipinski definition) is 1. The van der Waals surface area contributed by atoms with Gasteiger partial charge in [-0.2, -0.15) is 0 Å². The highest BCUT2D eigenvalue weighted by Crippen LogP contribution is 2.36. The van der Waals surface area contributed by atoms with Crippen LogP contribution >= 0.6 is 0 Å². The van der Waals surface area contributed by atoms with Gasteiger partial charge < -0.3 is 10.2 Å². The van der Waals surface area contributed by atoms with Gasteiger partial charge in [-0.3, -0.25) is 19.4 Å². The van der Waals surface area contributed by atoms with Crippen LogP contribution in [0.15, 0.2) is 42.6 Å². The van der Waals surface area contributed by atoms with E-state index in [1.807, 2.05) is 13.1 Å². The lowest BCUT2D eigenvalue weighted by Crippen LogP contribution is -2.39. The van der Waals surface area contributed by atoms with Crippen molar-refractivity contribution in [2.45, 2.75) is 38.1 Å². The van der Waals surface area contributed by atoms with Crippen molar-refractivity contribution in [1.82, 2.24) is 14.8 Å². The van der Waals surface area contributed by atoms with Crippen LogP contribution in [-0.4, -0.2) is 66.4 Å². The molecule has 1 aromatic heterocycles. The summed E-state index contributed by atoms with van der Waals surface area (Å²) < 4.78 is 0. The SMILES string of the molecule is CN(CCC1CCCCCN1C)CC(=O)N1c2ccccc2C(=O)Nc2cccnc21. The molecule has 31 heavy (non-hydrogen) atoms. The molecule has 2 amide bonds. The number of nitrogens with one attached hydrogen (secondary N) is 1. The molecule has 2 aromatic rings. The lowest BCUT2D eigenvalue weighted by molar-refractivity contribution is -0.118. The van der Waals surface area contributed by atoms with Crippen LogP contribution in [-0.2, 0) is 4.79 Å². The van der Waals surface area contributed by atoms with E-state index in [0.717, 1.165) is 19.5 Å². The molecule has 2 aliphatic rings. The molecule has 3 heterocycles. The van der Waals surface area contributed by atoms with Crippen molar-refractivity contribution >= 4 is 29.0 Å². The number of fused-ring (bicyclic) bond motifs is 2. The Bertz CT molecular complexity index is 947.